The fourth-order valence-corrected chi connectivity index (χ4v) is 5.72. The van der Waals surface area contributed by atoms with Crippen LogP contribution in [-0.4, -0.2) is 73.2 Å². The summed E-state index contributed by atoms with van der Waals surface area (Å²) in [5, 5.41) is 4.04. The molecule has 17 heteroatoms. The number of amides is 1. The van der Waals surface area contributed by atoms with Gasteiger partial charge in [0.25, 0.3) is 5.91 Å². The molecule has 1 fully saturated rings. The van der Waals surface area contributed by atoms with Crippen molar-refractivity contribution in [3.8, 4) is 11.1 Å². The average Bonchev–Trinajstić information content (AvgIpc) is 3.65. The summed E-state index contributed by atoms with van der Waals surface area (Å²) in [6.07, 6.45) is -1.34. The summed E-state index contributed by atoms with van der Waals surface area (Å²) >= 11 is 6.15. The van der Waals surface area contributed by atoms with E-state index in [0.717, 1.165) is 5.56 Å². The van der Waals surface area contributed by atoms with Gasteiger partial charge in [-0.2, -0.15) is 36.4 Å². The highest BCUT2D eigenvalue weighted by Gasteiger charge is 2.40. The maximum atomic E-state index is 13.8. The van der Waals surface area contributed by atoms with Gasteiger partial charge in [-0.15, -0.1) is 0 Å². The van der Waals surface area contributed by atoms with Crippen LogP contribution in [0.4, 0.5) is 38.1 Å². The Hall–Kier alpha value is -4.47. The summed E-state index contributed by atoms with van der Waals surface area (Å²) in [5.41, 5.74) is -1.55. The number of carbonyl (C=O) groups excluding carboxylic acids is 1. The monoisotopic (exact) mass is 681 g/mol. The highest BCUT2D eigenvalue weighted by molar-refractivity contribution is 6.28. The van der Waals surface area contributed by atoms with E-state index in [-0.39, 0.29) is 59.3 Å². The number of halogens is 7. The van der Waals surface area contributed by atoms with Crippen LogP contribution < -0.4 is 9.80 Å². The van der Waals surface area contributed by atoms with Gasteiger partial charge in [-0.25, -0.2) is 15.0 Å². The quantitative estimate of drug-likeness (QED) is 0.162. The highest BCUT2D eigenvalue weighted by Crippen LogP contribution is 2.38. The maximum Gasteiger partial charge on any atom is 0.416 e. The molecular formula is C30H30ClF6N9O. The highest BCUT2D eigenvalue weighted by atomic mass is 35.5. The number of aryl methyl sites for hydroxylation is 1. The topological polar surface area (TPSA) is 96.2 Å². The van der Waals surface area contributed by atoms with Crippen molar-refractivity contribution in [2.75, 3.05) is 30.4 Å². The molecule has 4 heterocycles. The average molecular weight is 682 g/mol. The molecule has 1 aliphatic heterocycles. The fourth-order valence-electron chi connectivity index (χ4n) is 5.59. The first-order chi connectivity index (χ1) is 22.0. The van der Waals surface area contributed by atoms with E-state index in [1.807, 2.05) is 11.8 Å². The van der Waals surface area contributed by atoms with Gasteiger partial charge in [0.1, 0.15) is 11.4 Å². The fraction of sp³-hybridized carbons (Fsp3) is 0.400. The zero-order valence-electron chi connectivity index (χ0n) is 25.7. The van der Waals surface area contributed by atoms with Gasteiger partial charge in [-0.05, 0) is 48.2 Å². The number of hydrogen-bond acceptors (Lipinski definition) is 8. The molecule has 10 nitrogen and oxygen atoms in total. The zero-order valence-corrected chi connectivity index (χ0v) is 26.4. The van der Waals surface area contributed by atoms with E-state index in [4.69, 9.17) is 11.6 Å². The van der Waals surface area contributed by atoms with E-state index in [0.29, 0.717) is 30.5 Å². The van der Waals surface area contributed by atoms with Crippen LogP contribution in [0.5, 0.6) is 0 Å². The van der Waals surface area contributed by atoms with E-state index in [1.165, 1.54) is 23.5 Å². The molecule has 3 aromatic heterocycles. The Labute approximate surface area is 271 Å². The Kier molecular flexibility index (Phi) is 9.35. The molecule has 0 aliphatic carbocycles. The first kappa shape index (κ1) is 33.9. The van der Waals surface area contributed by atoms with Crippen molar-refractivity contribution < 1.29 is 31.1 Å². The number of aromatic nitrogens is 6. The minimum absolute atomic E-state index is 0.0932. The molecule has 4 aromatic rings. The molecule has 2 atom stereocenters. The lowest BCUT2D eigenvalue weighted by Crippen LogP contribution is -2.39. The van der Waals surface area contributed by atoms with E-state index >= 15 is 0 Å². The molecule has 0 bridgehead atoms. The summed E-state index contributed by atoms with van der Waals surface area (Å²) in [5.74, 6) is -0.00955. The van der Waals surface area contributed by atoms with Crippen molar-refractivity contribution in [3.05, 3.63) is 76.7 Å². The van der Waals surface area contributed by atoms with Crippen LogP contribution in [0.2, 0.25) is 5.28 Å². The minimum atomic E-state index is -5.01. The van der Waals surface area contributed by atoms with Gasteiger partial charge in [0.2, 0.25) is 11.2 Å². The predicted molar refractivity (Wildman–Crippen MR) is 162 cm³/mol. The van der Waals surface area contributed by atoms with Gasteiger partial charge < -0.3 is 14.7 Å². The van der Waals surface area contributed by atoms with Crippen molar-refractivity contribution in [2.45, 2.75) is 50.7 Å². The Bertz CT molecular complexity index is 1710. The molecule has 1 saturated heterocycles. The number of benzene rings is 1. The van der Waals surface area contributed by atoms with Gasteiger partial charge in [-0.1, -0.05) is 6.92 Å². The van der Waals surface area contributed by atoms with E-state index in [9.17, 15) is 31.1 Å². The molecule has 1 aromatic carbocycles. The van der Waals surface area contributed by atoms with Crippen molar-refractivity contribution in [1.29, 1.82) is 0 Å². The first-order valence-electron chi connectivity index (χ1n) is 14.4. The van der Waals surface area contributed by atoms with Crippen LogP contribution >= 0.6 is 11.6 Å². The molecule has 250 valence electrons. The second-order valence-corrected chi connectivity index (χ2v) is 11.7. The molecule has 1 amide bonds. The summed E-state index contributed by atoms with van der Waals surface area (Å²) in [6, 6.07) is 0.746. The standard InChI is InChI=1S/C30H30ClF6N9O/c1-5-22-9-23(16-45(22)25-24(26(47)43(2)3)13-38-27(31)42-25)46(28-39-10-18(11-40-28)19-12-41-44(4)15-19)14-17-6-20(29(32,33)34)8-21(7-17)30(35,36)37/h6-8,10-13,15,22-23H,5,9,14,16H2,1-4H3/t22-,23?/m1/s1. The van der Waals surface area contributed by atoms with E-state index < -0.39 is 29.5 Å². The van der Waals surface area contributed by atoms with Gasteiger partial charge in [0, 0.05) is 76.2 Å². The normalized spacial score (nSPS) is 16.9. The molecule has 1 unspecified atom stereocenters. The van der Waals surface area contributed by atoms with Gasteiger partial charge >= 0.3 is 12.4 Å². The number of anilines is 2. The summed E-state index contributed by atoms with van der Waals surface area (Å²) in [4.78, 5) is 35.1. The Morgan fingerprint density at radius 2 is 1.60 bits per heavy atom. The number of hydrogen-bond donors (Lipinski definition) is 0. The smallest absolute Gasteiger partial charge is 0.351 e. The summed E-state index contributed by atoms with van der Waals surface area (Å²) in [7, 11) is 4.88. The molecule has 0 spiro atoms. The van der Waals surface area contributed by atoms with Crippen molar-refractivity contribution in [1.82, 2.24) is 34.6 Å². The molecule has 0 saturated carbocycles. The van der Waals surface area contributed by atoms with E-state index in [2.05, 4.69) is 25.0 Å². The van der Waals surface area contributed by atoms with Crippen LogP contribution in [0, 0.1) is 0 Å². The van der Waals surface area contributed by atoms with Crippen LogP contribution in [0.15, 0.2) is 49.2 Å². The third-order valence-corrected chi connectivity index (χ3v) is 8.07. The third kappa shape index (κ3) is 7.42. The van der Waals surface area contributed by atoms with Gasteiger partial charge in [-0.3, -0.25) is 9.48 Å². The molecular weight excluding hydrogens is 652 g/mol. The first-order valence-corrected chi connectivity index (χ1v) is 14.8. The van der Waals surface area contributed by atoms with Crippen LogP contribution in [0.25, 0.3) is 11.1 Å². The maximum absolute atomic E-state index is 13.8. The van der Waals surface area contributed by atoms with Crippen LogP contribution in [0.3, 0.4) is 0 Å². The Morgan fingerprint density at radius 1 is 0.957 bits per heavy atom. The van der Waals surface area contributed by atoms with Crippen LogP contribution in [-0.2, 0) is 25.9 Å². The lowest BCUT2D eigenvalue weighted by molar-refractivity contribution is -0.143. The lowest BCUT2D eigenvalue weighted by Gasteiger charge is -2.30. The van der Waals surface area contributed by atoms with Crippen LogP contribution in [0.1, 0.15) is 46.8 Å². The molecule has 1 aliphatic rings. The number of carbonyl (C=O) groups is 1. The third-order valence-electron chi connectivity index (χ3n) is 7.89. The zero-order chi connectivity index (χ0) is 34.3. The Morgan fingerprint density at radius 3 is 2.13 bits per heavy atom. The second-order valence-electron chi connectivity index (χ2n) is 11.4. The number of rotatable bonds is 8. The summed E-state index contributed by atoms with van der Waals surface area (Å²) < 4.78 is 84.2. The van der Waals surface area contributed by atoms with Gasteiger partial charge in [0.05, 0.1) is 23.4 Å². The minimum Gasteiger partial charge on any atom is -0.351 e. The van der Waals surface area contributed by atoms with Crippen molar-refractivity contribution >= 4 is 29.3 Å². The molecule has 47 heavy (non-hydrogen) atoms. The predicted octanol–water partition coefficient (Wildman–Crippen LogP) is 6.12. The Balaban J connectivity index is 1.58. The lowest BCUT2D eigenvalue weighted by atomic mass is 10.0. The number of alkyl halides is 6. The molecule has 0 radical (unpaired) electrons. The van der Waals surface area contributed by atoms with Crippen molar-refractivity contribution in [2.24, 2.45) is 7.05 Å². The number of nitrogens with zero attached hydrogens (tertiary/aromatic N) is 9. The van der Waals surface area contributed by atoms with Crippen molar-refractivity contribution in [3.63, 3.8) is 0 Å². The molecule has 5 rings (SSSR count). The largest absolute Gasteiger partial charge is 0.416 e. The van der Waals surface area contributed by atoms with E-state index in [1.54, 1.807) is 43.1 Å². The second kappa shape index (κ2) is 13.0. The SMILES string of the molecule is CC[C@@H]1CC(N(Cc2cc(C(F)(F)F)cc(C(F)(F)F)c2)c2ncc(-c3cnn(C)c3)cn2)CN1c1nc(Cl)ncc1C(=O)N(C)C. The molecule has 0 N–H and O–H groups in total. The van der Waals surface area contributed by atoms with Gasteiger partial charge in [0.15, 0.2) is 0 Å². The summed E-state index contributed by atoms with van der Waals surface area (Å²) in [6.45, 7) is 1.72.